The first kappa shape index (κ1) is 13.2. The average Bonchev–Trinajstić information content (AvgIpc) is 3.20. The second-order valence-electron chi connectivity index (χ2n) is 4.75. The number of hydrogen-bond donors (Lipinski definition) is 1. The van der Waals surface area contributed by atoms with E-state index in [9.17, 15) is 0 Å². The van der Waals surface area contributed by atoms with Crippen LogP contribution in [0.5, 0.6) is 0 Å². The molecule has 1 aromatic carbocycles. The van der Waals surface area contributed by atoms with Crippen LogP contribution in [0.25, 0.3) is 11.3 Å². The second-order valence-corrected chi connectivity index (χ2v) is 4.75. The summed E-state index contributed by atoms with van der Waals surface area (Å²) < 4.78 is 10.1. The summed E-state index contributed by atoms with van der Waals surface area (Å²) in [6, 6.07) is 13.2. The minimum absolute atomic E-state index is 0.443. The SMILES string of the molecule is CN(Cc1ccco1)C(=N)c1ccc(-c2ccon2)cc1. The summed E-state index contributed by atoms with van der Waals surface area (Å²) >= 11 is 0. The summed E-state index contributed by atoms with van der Waals surface area (Å²) in [5, 5.41) is 12.1. The van der Waals surface area contributed by atoms with Gasteiger partial charge in [0.2, 0.25) is 0 Å². The lowest BCUT2D eigenvalue weighted by Crippen LogP contribution is -2.25. The molecule has 0 radical (unpaired) electrons. The number of nitrogens with one attached hydrogen (secondary N) is 1. The van der Waals surface area contributed by atoms with E-state index in [4.69, 9.17) is 14.3 Å². The zero-order valence-corrected chi connectivity index (χ0v) is 11.6. The van der Waals surface area contributed by atoms with E-state index in [1.807, 2.05) is 54.4 Å². The molecular weight excluding hydrogens is 266 g/mol. The largest absolute Gasteiger partial charge is 0.467 e. The fourth-order valence-corrected chi connectivity index (χ4v) is 2.10. The van der Waals surface area contributed by atoms with Gasteiger partial charge in [0.15, 0.2) is 0 Å². The lowest BCUT2D eigenvalue weighted by molar-refractivity contribution is 0.409. The molecule has 1 N–H and O–H groups in total. The van der Waals surface area contributed by atoms with Gasteiger partial charge in [-0.2, -0.15) is 0 Å². The van der Waals surface area contributed by atoms with Crippen molar-refractivity contribution in [3.63, 3.8) is 0 Å². The second kappa shape index (κ2) is 5.66. The highest BCUT2D eigenvalue weighted by Gasteiger charge is 2.10. The summed E-state index contributed by atoms with van der Waals surface area (Å²) in [6.45, 7) is 0.566. The molecule has 0 saturated carbocycles. The van der Waals surface area contributed by atoms with Gasteiger partial charge in [-0.05, 0) is 12.1 Å². The van der Waals surface area contributed by atoms with Gasteiger partial charge in [-0.15, -0.1) is 0 Å². The van der Waals surface area contributed by atoms with E-state index in [0.717, 1.165) is 22.6 Å². The summed E-state index contributed by atoms with van der Waals surface area (Å²) in [6.07, 6.45) is 3.18. The third kappa shape index (κ3) is 2.86. The lowest BCUT2D eigenvalue weighted by Gasteiger charge is -2.18. The third-order valence-electron chi connectivity index (χ3n) is 3.25. The van der Waals surface area contributed by atoms with Crippen molar-refractivity contribution in [2.75, 3.05) is 7.05 Å². The van der Waals surface area contributed by atoms with Gasteiger partial charge in [0, 0.05) is 24.2 Å². The van der Waals surface area contributed by atoms with Crippen molar-refractivity contribution < 1.29 is 8.94 Å². The Bertz CT molecular complexity index is 701. The van der Waals surface area contributed by atoms with E-state index < -0.39 is 0 Å². The molecule has 3 aromatic rings. The Balaban J connectivity index is 1.72. The number of nitrogens with zero attached hydrogens (tertiary/aromatic N) is 2. The first-order chi connectivity index (χ1) is 10.2. The van der Waals surface area contributed by atoms with Crippen molar-refractivity contribution in [2.24, 2.45) is 0 Å². The standard InChI is InChI=1S/C16H15N3O2/c1-19(11-14-3-2-9-20-14)16(17)13-6-4-12(5-7-13)15-8-10-21-18-15/h2-10,17H,11H2,1H3. The lowest BCUT2D eigenvalue weighted by atomic mass is 10.1. The number of benzene rings is 1. The fraction of sp³-hybridized carbons (Fsp3) is 0.125. The number of rotatable bonds is 4. The number of amidine groups is 1. The van der Waals surface area contributed by atoms with Crippen LogP contribution in [0.3, 0.4) is 0 Å². The maximum absolute atomic E-state index is 8.23. The molecule has 3 rings (SSSR count). The van der Waals surface area contributed by atoms with Crippen LogP contribution in [0.2, 0.25) is 0 Å². The zero-order valence-electron chi connectivity index (χ0n) is 11.6. The van der Waals surface area contributed by atoms with Gasteiger partial charge in [0.05, 0.1) is 12.8 Å². The molecule has 0 aliphatic carbocycles. The van der Waals surface area contributed by atoms with Crippen molar-refractivity contribution in [1.29, 1.82) is 5.41 Å². The van der Waals surface area contributed by atoms with E-state index in [2.05, 4.69) is 5.16 Å². The Morgan fingerprint density at radius 3 is 2.57 bits per heavy atom. The predicted octanol–water partition coefficient (Wildman–Crippen LogP) is 3.39. The highest BCUT2D eigenvalue weighted by Crippen LogP contribution is 2.18. The molecule has 0 saturated heterocycles. The van der Waals surface area contributed by atoms with Crippen LogP contribution in [-0.2, 0) is 6.54 Å². The van der Waals surface area contributed by atoms with Gasteiger partial charge in [-0.25, -0.2) is 0 Å². The van der Waals surface area contributed by atoms with E-state index >= 15 is 0 Å². The fourth-order valence-electron chi connectivity index (χ4n) is 2.10. The molecule has 0 amide bonds. The molecule has 2 heterocycles. The molecule has 0 aliphatic rings. The number of furan rings is 1. The molecule has 0 aliphatic heterocycles. The normalized spacial score (nSPS) is 10.5. The first-order valence-corrected chi connectivity index (χ1v) is 6.57. The quantitative estimate of drug-likeness (QED) is 0.588. The molecule has 0 spiro atoms. The smallest absolute Gasteiger partial charge is 0.128 e. The number of hydrogen-bond acceptors (Lipinski definition) is 4. The highest BCUT2D eigenvalue weighted by molar-refractivity contribution is 5.96. The van der Waals surface area contributed by atoms with Crippen LogP contribution in [0, 0.1) is 5.41 Å². The van der Waals surface area contributed by atoms with E-state index in [1.54, 1.807) is 12.5 Å². The summed E-state index contributed by atoms with van der Waals surface area (Å²) in [5.41, 5.74) is 2.60. The van der Waals surface area contributed by atoms with E-state index in [-0.39, 0.29) is 0 Å². The average molecular weight is 281 g/mol. The van der Waals surface area contributed by atoms with Crippen LogP contribution < -0.4 is 0 Å². The molecule has 0 bridgehead atoms. The summed E-state index contributed by atoms with van der Waals surface area (Å²) in [7, 11) is 1.87. The predicted molar refractivity (Wildman–Crippen MR) is 78.9 cm³/mol. The Kier molecular flexibility index (Phi) is 3.55. The van der Waals surface area contributed by atoms with Crippen LogP contribution >= 0.6 is 0 Å². The summed E-state index contributed by atoms with van der Waals surface area (Å²) in [4.78, 5) is 1.84. The first-order valence-electron chi connectivity index (χ1n) is 6.57. The Morgan fingerprint density at radius 1 is 1.14 bits per heavy atom. The third-order valence-corrected chi connectivity index (χ3v) is 3.25. The van der Waals surface area contributed by atoms with Gasteiger partial charge in [0.25, 0.3) is 0 Å². The molecule has 0 atom stereocenters. The molecule has 21 heavy (non-hydrogen) atoms. The van der Waals surface area contributed by atoms with Crippen molar-refractivity contribution in [3.05, 3.63) is 66.3 Å². The molecule has 5 nitrogen and oxygen atoms in total. The maximum Gasteiger partial charge on any atom is 0.128 e. The van der Waals surface area contributed by atoms with E-state index in [0.29, 0.717) is 12.4 Å². The van der Waals surface area contributed by atoms with Gasteiger partial charge in [-0.1, -0.05) is 29.4 Å². The molecule has 2 aromatic heterocycles. The van der Waals surface area contributed by atoms with Crippen LogP contribution in [-0.4, -0.2) is 22.9 Å². The molecule has 0 fully saturated rings. The minimum atomic E-state index is 0.443. The summed E-state index contributed by atoms with van der Waals surface area (Å²) in [5.74, 6) is 1.28. The highest BCUT2D eigenvalue weighted by atomic mass is 16.5. The van der Waals surface area contributed by atoms with Gasteiger partial charge in [0.1, 0.15) is 23.6 Å². The Labute approximate surface area is 122 Å². The van der Waals surface area contributed by atoms with Gasteiger partial charge < -0.3 is 13.8 Å². The topological polar surface area (TPSA) is 66.3 Å². The minimum Gasteiger partial charge on any atom is -0.467 e. The Morgan fingerprint density at radius 2 is 1.95 bits per heavy atom. The zero-order chi connectivity index (χ0) is 14.7. The van der Waals surface area contributed by atoms with E-state index in [1.165, 1.54) is 0 Å². The van der Waals surface area contributed by atoms with Crippen LogP contribution in [0.4, 0.5) is 0 Å². The molecular formula is C16H15N3O2. The Hall–Kier alpha value is -2.82. The van der Waals surface area contributed by atoms with Gasteiger partial charge >= 0.3 is 0 Å². The molecule has 0 unspecified atom stereocenters. The van der Waals surface area contributed by atoms with Crippen molar-refractivity contribution in [2.45, 2.75) is 6.54 Å². The van der Waals surface area contributed by atoms with Crippen LogP contribution in [0.15, 0.2) is 63.9 Å². The van der Waals surface area contributed by atoms with Crippen molar-refractivity contribution in [1.82, 2.24) is 10.1 Å². The van der Waals surface area contributed by atoms with Crippen molar-refractivity contribution >= 4 is 5.84 Å². The van der Waals surface area contributed by atoms with Gasteiger partial charge in [-0.3, -0.25) is 5.41 Å². The van der Waals surface area contributed by atoms with Crippen LogP contribution in [0.1, 0.15) is 11.3 Å². The monoisotopic (exact) mass is 281 g/mol. The van der Waals surface area contributed by atoms with Crippen molar-refractivity contribution in [3.8, 4) is 11.3 Å². The maximum atomic E-state index is 8.23. The number of aromatic nitrogens is 1. The molecule has 106 valence electrons. The molecule has 5 heteroatoms.